The average molecular weight is 288 g/mol. The Balaban J connectivity index is 1.47. The SMILES string of the molecule is c1ccc(COCC2CCCCOCCC3(CC3)C2)cc1. The predicted molar refractivity (Wildman–Crippen MR) is 85.2 cm³/mol. The van der Waals surface area contributed by atoms with E-state index in [-0.39, 0.29) is 0 Å². The molecule has 0 amide bonds. The van der Waals surface area contributed by atoms with Gasteiger partial charge in [0.05, 0.1) is 6.61 Å². The molecule has 1 saturated carbocycles. The molecule has 1 aliphatic carbocycles. The minimum atomic E-state index is 0.609. The summed E-state index contributed by atoms with van der Waals surface area (Å²) in [4.78, 5) is 0. The van der Waals surface area contributed by atoms with Crippen LogP contribution in [0.25, 0.3) is 0 Å². The quantitative estimate of drug-likeness (QED) is 0.807. The van der Waals surface area contributed by atoms with E-state index in [4.69, 9.17) is 9.47 Å². The van der Waals surface area contributed by atoms with Crippen molar-refractivity contribution in [3.63, 3.8) is 0 Å². The van der Waals surface area contributed by atoms with Gasteiger partial charge in [0.25, 0.3) is 0 Å². The molecule has 0 aromatic heterocycles. The molecule has 1 unspecified atom stereocenters. The standard InChI is InChI=1S/C19H28O2/c1-2-6-17(7-3-1)15-21-16-18-8-4-5-12-20-13-11-19(14-18)9-10-19/h1-3,6-7,18H,4-5,8-16H2. The Kier molecular flexibility index (Phi) is 5.32. The first-order valence-corrected chi connectivity index (χ1v) is 8.56. The maximum atomic E-state index is 6.02. The lowest BCUT2D eigenvalue weighted by Crippen LogP contribution is -2.19. The van der Waals surface area contributed by atoms with E-state index in [9.17, 15) is 0 Å². The second kappa shape index (κ2) is 7.42. The van der Waals surface area contributed by atoms with E-state index >= 15 is 0 Å². The van der Waals surface area contributed by atoms with Gasteiger partial charge in [0.2, 0.25) is 0 Å². The van der Waals surface area contributed by atoms with Crippen LogP contribution in [0.4, 0.5) is 0 Å². The Morgan fingerprint density at radius 3 is 2.71 bits per heavy atom. The molecule has 1 heterocycles. The average Bonchev–Trinajstić information content (AvgIpc) is 3.27. The number of benzene rings is 1. The molecule has 1 aromatic rings. The second-order valence-electron chi connectivity index (χ2n) is 6.93. The minimum Gasteiger partial charge on any atom is -0.381 e. The van der Waals surface area contributed by atoms with Crippen molar-refractivity contribution < 1.29 is 9.47 Å². The largest absolute Gasteiger partial charge is 0.381 e. The third-order valence-corrected chi connectivity index (χ3v) is 5.07. The van der Waals surface area contributed by atoms with E-state index in [0.717, 1.165) is 32.3 Å². The molecule has 1 atom stereocenters. The molecule has 0 N–H and O–H groups in total. The van der Waals surface area contributed by atoms with Gasteiger partial charge in [-0.25, -0.2) is 0 Å². The van der Waals surface area contributed by atoms with Crippen molar-refractivity contribution in [2.45, 2.75) is 51.6 Å². The van der Waals surface area contributed by atoms with E-state index in [2.05, 4.69) is 30.3 Å². The lowest BCUT2D eigenvalue weighted by atomic mass is 9.86. The summed E-state index contributed by atoms with van der Waals surface area (Å²) in [5.41, 5.74) is 1.89. The van der Waals surface area contributed by atoms with E-state index < -0.39 is 0 Å². The zero-order chi connectivity index (χ0) is 14.4. The molecule has 2 aliphatic rings. The summed E-state index contributed by atoms with van der Waals surface area (Å²) >= 11 is 0. The fourth-order valence-electron chi connectivity index (χ4n) is 3.54. The van der Waals surface area contributed by atoms with Crippen LogP contribution in [-0.4, -0.2) is 19.8 Å². The van der Waals surface area contributed by atoms with Crippen LogP contribution in [0.5, 0.6) is 0 Å². The van der Waals surface area contributed by atoms with Gasteiger partial charge in [0, 0.05) is 19.8 Å². The number of hydrogen-bond donors (Lipinski definition) is 0. The molecule has 1 spiro atoms. The van der Waals surface area contributed by atoms with Gasteiger partial charge < -0.3 is 9.47 Å². The molecule has 2 fully saturated rings. The van der Waals surface area contributed by atoms with Gasteiger partial charge >= 0.3 is 0 Å². The van der Waals surface area contributed by atoms with Crippen LogP contribution in [0, 0.1) is 11.3 Å². The molecule has 2 nitrogen and oxygen atoms in total. The van der Waals surface area contributed by atoms with Crippen LogP contribution in [0.2, 0.25) is 0 Å². The summed E-state index contributed by atoms with van der Waals surface area (Å²) < 4.78 is 11.7. The minimum absolute atomic E-state index is 0.609. The molecule has 1 aromatic carbocycles. The van der Waals surface area contributed by atoms with Gasteiger partial charge in [-0.3, -0.25) is 0 Å². The van der Waals surface area contributed by atoms with Crippen molar-refractivity contribution >= 4 is 0 Å². The van der Waals surface area contributed by atoms with Gasteiger partial charge in [-0.05, 0) is 55.4 Å². The highest BCUT2D eigenvalue weighted by Gasteiger charge is 2.43. The van der Waals surface area contributed by atoms with Crippen molar-refractivity contribution in [1.29, 1.82) is 0 Å². The summed E-state index contributed by atoms with van der Waals surface area (Å²) in [5.74, 6) is 0.745. The first-order chi connectivity index (χ1) is 10.4. The fraction of sp³-hybridized carbons (Fsp3) is 0.684. The zero-order valence-corrected chi connectivity index (χ0v) is 13.1. The van der Waals surface area contributed by atoms with Gasteiger partial charge in [-0.1, -0.05) is 36.8 Å². The maximum absolute atomic E-state index is 6.02. The van der Waals surface area contributed by atoms with Gasteiger partial charge in [0.1, 0.15) is 0 Å². The highest BCUT2D eigenvalue weighted by molar-refractivity contribution is 5.13. The van der Waals surface area contributed by atoms with E-state index in [1.807, 2.05) is 0 Å². The van der Waals surface area contributed by atoms with Crippen molar-refractivity contribution in [3.05, 3.63) is 35.9 Å². The molecule has 0 bridgehead atoms. The summed E-state index contributed by atoms with van der Waals surface area (Å²) in [7, 11) is 0. The van der Waals surface area contributed by atoms with Crippen LogP contribution in [0.3, 0.4) is 0 Å². The lowest BCUT2D eigenvalue weighted by molar-refractivity contribution is 0.0551. The first kappa shape index (κ1) is 15.1. The molecule has 1 saturated heterocycles. The monoisotopic (exact) mass is 288 g/mol. The molecule has 2 heteroatoms. The van der Waals surface area contributed by atoms with Crippen LogP contribution in [0.15, 0.2) is 30.3 Å². The highest BCUT2D eigenvalue weighted by Crippen LogP contribution is 2.54. The number of hydrogen-bond acceptors (Lipinski definition) is 2. The molecule has 21 heavy (non-hydrogen) atoms. The summed E-state index contributed by atoms with van der Waals surface area (Å²) in [6, 6.07) is 10.5. The van der Waals surface area contributed by atoms with Crippen molar-refractivity contribution in [3.8, 4) is 0 Å². The van der Waals surface area contributed by atoms with Crippen LogP contribution in [0.1, 0.15) is 50.5 Å². The fourth-order valence-corrected chi connectivity index (χ4v) is 3.54. The third kappa shape index (κ3) is 4.82. The summed E-state index contributed by atoms with van der Waals surface area (Å²) in [6.07, 6.45) is 9.24. The Hall–Kier alpha value is -0.860. The van der Waals surface area contributed by atoms with E-state index in [1.165, 1.54) is 50.5 Å². The molecule has 0 radical (unpaired) electrons. The normalized spacial score (nSPS) is 25.6. The Morgan fingerprint density at radius 1 is 1.05 bits per heavy atom. The van der Waals surface area contributed by atoms with Crippen molar-refractivity contribution in [2.75, 3.05) is 19.8 Å². The zero-order valence-electron chi connectivity index (χ0n) is 13.1. The first-order valence-electron chi connectivity index (χ1n) is 8.56. The Labute approximate surface area is 128 Å². The van der Waals surface area contributed by atoms with Crippen LogP contribution < -0.4 is 0 Å². The van der Waals surface area contributed by atoms with Crippen molar-refractivity contribution in [2.24, 2.45) is 11.3 Å². The van der Waals surface area contributed by atoms with E-state index in [0.29, 0.717) is 5.41 Å². The number of ether oxygens (including phenoxy) is 2. The van der Waals surface area contributed by atoms with E-state index in [1.54, 1.807) is 0 Å². The highest BCUT2D eigenvalue weighted by atomic mass is 16.5. The second-order valence-corrected chi connectivity index (χ2v) is 6.93. The summed E-state index contributed by atoms with van der Waals surface area (Å²) in [6.45, 7) is 3.61. The van der Waals surface area contributed by atoms with Gasteiger partial charge in [0.15, 0.2) is 0 Å². The third-order valence-electron chi connectivity index (χ3n) is 5.07. The lowest BCUT2D eigenvalue weighted by Gasteiger charge is -2.25. The Bertz CT molecular complexity index is 411. The predicted octanol–water partition coefficient (Wildman–Crippen LogP) is 4.58. The molecular formula is C19H28O2. The molecule has 1 aliphatic heterocycles. The molecule has 3 rings (SSSR count). The molecule has 116 valence electrons. The topological polar surface area (TPSA) is 18.5 Å². The van der Waals surface area contributed by atoms with Gasteiger partial charge in [-0.2, -0.15) is 0 Å². The van der Waals surface area contributed by atoms with Crippen molar-refractivity contribution in [1.82, 2.24) is 0 Å². The van der Waals surface area contributed by atoms with Crippen LogP contribution >= 0.6 is 0 Å². The van der Waals surface area contributed by atoms with Crippen LogP contribution in [-0.2, 0) is 16.1 Å². The Morgan fingerprint density at radius 2 is 1.90 bits per heavy atom. The summed E-state index contributed by atoms with van der Waals surface area (Å²) in [5, 5.41) is 0. The molecular weight excluding hydrogens is 260 g/mol. The van der Waals surface area contributed by atoms with Gasteiger partial charge in [-0.15, -0.1) is 0 Å². The maximum Gasteiger partial charge on any atom is 0.0717 e. The number of rotatable bonds is 4. The smallest absolute Gasteiger partial charge is 0.0717 e.